The maximum absolute atomic E-state index is 12.4. The molecule has 1 saturated carbocycles. The van der Waals surface area contributed by atoms with Crippen LogP contribution in [0.25, 0.3) is 16.5 Å². The number of rotatable bonds is 5. The van der Waals surface area contributed by atoms with Crippen molar-refractivity contribution in [1.29, 1.82) is 5.26 Å². The first-order valence-corrected chi connectivity index (χ1v) is 8.56. The SMILES string of the molecule is N#Cc1c(C2=CCC(O)C=C2)n(C2CC2)c2cc(OCCF)ccc12. The molecule has 0 aliphatic heterocycles. The summed E-state index contributed by atoms with van der Waals surface area (Å²) in [6.07, 6.45) is 7.89. The van der Waals surface area contributed by atoms with E-state index < -0.39 is 12.8 Å². The van der Waals surface area contributed by atoms with Crippen LogP contribution >= 0.6 is 0 Å². The summed E-state index contributed by atoms with van der Waals surface area (Å²) < 4.78 is 20.0. The molecular weight excluding hydrogens is 319 g/mol. The van der Waals surface area contributed by atoms with Crippen molar-refractivity contribution >= 4 is 16.5 Å². The Morgan fingerprint density at radius 3 is 2.84 bits per heavy atom. The molecule has 1 heterocycles. The minimum atomic E-state index is -0.531. The molecule has 128 valence electrons. The third kappa shape index (κ3) is 2.83. The summed E-state index contributed by atoms with van der Waals surface area (Å²) in [7, 11) is 0. The molecular formula is C20H19FN2O2. The first-order chi connectivity index (χ1) is 12.2. The Morgan fingerprint density at radius 2 is 2.20 bits per heavy atom. The number of halogens is 1. The van der Waals surface area contributed by atoms with Crippen LogP contribution in [-0.4, -0.2) is 29.1 Å². The summed E-state index contributed by atoms with van der Waals surface area (Å²) in [6, 6.07) is 8.29. The summed E-state index contributed by atoms with van der Waals surface area (Å²) in [5.41, 5.74) is 3.47. The first-order valence-electron chi connectivity index (χ1n) is 8.56. The third-order valence-corrected chi connectivity index (χ3v) is 4.70. The Morgan fingerprint density at radius 1 is 1.36 bits per heavy atom. The van der Waals surface area contributed by atoms with E-state index in [0.717, 1.165) is 35.0 Å². The van der Waals surface area contributed by atoms with Crippen LogP contribution in [0.1, 0.15) is 36.6 Å². The minimum Gasteiger partial charge on any atom is -0.491 e. The topological polar surface area (TPSA) is 58.2 Å². The van der Waals surface area contributed by atoms with Gasteiger partial charge in [-0.2, -0.15) is 5.26 Å². The average molecular weight is 338 g/mol. The third-order valence-electron chi connectivity index (χ3n) is 4.70. The largest absolute Gasteiger partial charge is 0.491 e. The van der Waals surface area contributed by atoms with E-state index in [1.165, 1.54) is 0 Å². The Hall–Kier alpha value is -2.58. The minimum absolute atomic E-state index is 0.0272. The van der Waals surface area contributed by atoms with Gasteiger partial charge in [0, 0.05) is 17.5 Å². The van der Waals surface area contributed by atoms with Gasteiger partial charge in [-0.15, -0.1) is 0 Å². The van der Waals surface area contributed by atoms with E-state index in [-0.39, 0.29) is 6.61 Å². The predicted octanol–water partition coefficient (Wildman–Crippen LogP) is 3.90. The van der Waals surface area contributed by atoms with E-state index in [4.69, 9.17) is 4.74 Å². The molecule has 1 atom stereocenters. The van der Waals surface area contributed by atoms with Gasteiger partial charge in [-0.05, 0) is 37.0 Å². The summed E-state index contributed by atoms with van der Waals surface area (Å²) in [6.45, 7) is -0.504. The van der Waals surface area contributed by atoms with Crippen LogP contribution in [0.4, 0.5) is 4.39 Å². The Balaban J connectivity index is 1.90. The summed E-state index contributed by atoms with van der Waals surface area (Å²) in [5, 5.41) is 20.4. The molecule has 1 fully saturated rings. The fraction of sp³-hybridized carbons (Fsp3) is 0.350. The number of hydrogen-bond acceptors (Lipinski definition) is 3. The van der Waals surface area contributed by atoms with E-state index in [9.17, 15) is 14.8 Å². The van der Waals surface area contributed by atoms with Crippen molar-refractivity contribution in [2.75, 3.05) is 13.3 Å². The zero-order valence-electron chi connectivity index (χ0n) is 13.8. The highest BCUT2D eigenvalue weighted by Crippen LogP contribution is 2.44. The molecule has 0 bridgehead atoms. The van der Waals surface area contributed by atoms with Crippen LogP contribution in [0.2, 0.25) is 0 Å². The fourth-order valence-electron chi connectivity index (χ4n) is 3.43. The van der Waals surface area contributed by atoms with E-state index >= 15 is 0 Å². The molecule has 1 N–H and O–H groups in total. The fourth-order valence-corrected chi connectivity index (χ4v) is 3.43. The van der Waals surface area contributed by atoms with Gasteiger partial charge >= 0.3 is 0 Å². The van der Waals surface area contributed by atoms with Crippen LogP contribution in [0.3, 0.4) is 0 Å². The van der Waals surface area contributed by atoms with Gasteiger partial charge in [0.05, 0.1) is 22.9 Å². The number of nitrogens with zero attached hydrogens (tertiary/aromatic N) is 2. The molecule has 0 radical (unpaired) electrons. The number of hydrogen-bond donors (Lipinski definition) is 1. The highest BCUT2D eigenvalue weighted by molar-refractivity contribution is 5.95. The average Bonchev–Trinajstić information content (AvgIpc) is 3.42. The van der Waals surface area contributed by atoms with Gasteiger partial charge in [-0.1, -0.05) is 18.2 Å². The van der Waals surface area contributed by atoms with Crippen molar-refractivity contribution in [3.8, 4) is 11.8 Å². The summed E-state index contributed by atoms with van der Waals surface area (Å²) >= 11 is 0. The molecule has 25 heavy (non-hydrogen) atoms. The van der Waals surface area contributed by atoms with Crippen molar-refractivity contribution in [2.45, 2.75) is 31.4 Å². The number of fused-ring (bicyclic) bond motifs is 1. The number of nitriles is 1. The maximum atomic E-state index is 12.4. The molecule has 1 aromatic heterocycles. The molecule has 2 aliphatic carbocycles. The van der Waals surface area contributed by atoms with Crippen molar-refractivity contribution in [3.05, 3.63) is 47.7 Å². The van der Waals surface area contributed by atoms with Crippen molar-refractivity contribution in [3.63, 3.8) is 0 Å². The normalized spacial score (nSPS) is 19.7. The smallest absolute Gasteiger partial charge is 0.123 e. The lowest BCUT2D eigenvalue weighted by Gasteiger charge is -2.15. The number of aromatic nitrogens is 1. The summed E-state index contributed by atoms with van der Waals surface area (Å²) in [4.78, 5) is 0. The molecule has 4 nitrogen and oxygen atoms in total. The zero-order valence-corrected chi connectivity index (χ0v) is 13.8. The number of aliphatic hydroxyl groups is 1. The van der Waals surface area contributed by atoms with Gasteiger partial charge in [0.15, 0.2) is 0 Å². The zero-order chi connectivity index (χ0) is 17.4. The summed E-state index contributed by atoms with van der Waals surface area (Å²) in [5.74, 6) is 0.615. The van der Waals surface area contributed by atoms with E-state index in [1.54, 1.807) is 12.1 Å². The molecule has 0 amide bonds. The van der Waals surface area contributed by atoms with Crippen molar-refractivity contribution in [1.82, 2.24) is 4.57 Å². The lowest BCUT2D eigenvalue weighted by Crippen LogP contribution is -2.07. The Labute approximate surface area is 145 Å². The number of benzene rings is 1. The monoisotopic (exact) mass is 338 g/mol. The van der Waals surface area contributed by atoms with Gasteiger partial charge < -0.3 is 14.4 Å². The predicted molar refractivity (Wildman–Crippen MR) is 94.1 cm³/mol. The van der Waals surface area contributed by atoms with Gasteiger partial charge in [0.1, 0.15) is 25.1 Å². The molecule has 2 aliphatic rings. The molecule has 0 spiro atoms. The Bertz CT molecular complexity index is 916. The van der Waals surface area contributed by atoms with E-state index in [2.05, 4.69) is 10.6 Å². The van der Waals surface area contributed by atoms with Crippen molar-refractivity contribution < 1.29 is 14.2 Å². The van der Waals surface area contributed by atoms with Crippen molar-refractivity contribution in [2.24, 2.45) is 0 Å². The van der Waals surface area contributed by atoms with E-state index in [0.29, 0.717) is 23.8 Å². The Kier molecular flexibility index (Phi) is 4.06. The highest BCUT2D eigenvalue weighted by Gasteiger charge is 2.31. The number of alkyl halides is 1. The second-order valence-electron chi connectivity index (χ2n) is 6.47. The second kappa shape index (κ2) is 6.38. The lowest BCUT2D eigenvalue weighted by atomic mass is 9.99. The van der Waals surface area contributed by atoms with Gasteiger partial charge in [0.25, 0.3) is 0 Å². The van der Waals surface area contributed by atoms with E-state index in [1.807, 2.05) is 24.3 Å². The van der Waals surface area contributed by atoms with Crippen LogP contribution in [0, 0.1) is 11.3 Å². The standard InChI is InChI=1S/C20H19FN2O2/c21-9-10-25-16-7-8-17-18(12-22)20(13-1-5-15(24)6-2-13)23(14-3-4-14)19(17)11-16/h1-2,5,7-8,11,14-15,24H,3-4,6,9-10H2. The number of allylic oxidation sites excluding steroid dienone is 2. The van der Waals surface area contributed by atoms with Crippen LogP contribution in [0.5, 0.6) is 5.75 Å². The van der Waals surface area contributed by atoms with Gasteiger partial charge in [-0.25, -0.2) is 4.39 Å². The molecule has 5 heteroatoms. The molecule has 2 aromatic rings. The maximum Gasteiger partial charge on any atom is 0.123 e. The molecule has 4 rings (SSSR count). The van der Waals surface area contributed by atoms with Gasteiger partial charge in [0.2, 0.25) is 0 Å². The first kappa shape index (κ1) is 15.9. The lowest BCUT2D eigenvalue weighted by molar-refractivity contribution is 0.226. The quantitative estimate of drug-likeness (QED) is 0.899. The molecule has 0 saturated heterocycles. The number of ether oxygens (including phenoxy) is 1. The van der Waals surface area contributed by atoms with Crippen LogP contribution < -0.4 is 4.74 Å². The van der Waals surface area contributed by atoms with Crippen LogP contribution in [-0.2, 0) is 0 Å². The van der Waals surface area contributed by atoms with Gasteiger partial charge in [-0.3, -0.25) is 0 Å². The highest BCUT2D eigenvalue weighted by atomic mass is 19.1. The second-order valence-corrected chi connectivity index (χ2v) is 6.47. The van der Waals surface area contributed by atoms with Crippen LogP contribution in [0.15, 0.2) is 36.4 Å². The number of aliphatic hydroxyl groups excluding tert-OH is 1. The molecule has 1 aromatic carbocycles. The molecule has 1 unspecified atom stereocenters.